The number of hydrogen-bond acceptors (Lipinski definition) is 5. The predicted octanol–water partition coefficient (Wildman–Crippen LogP) is 1.01. The summed E-state index contributed by atoms with van der Waals surface area (Å²) in [5, 5.41) is 16.6. The van der Waals surface area contributed by atoms with Gasteiger partial charge in [0.1, 0.15) is 0 Å². The van der Waals surface area contributed by atoms with Crippen LogP contribution < -0.4 is 10.6 Å². The number of carbonyl (C=O) groups excluding carboxylic acids is 1. The van der Waals surface area contributed by atoms with Crippen LogP contribution in [-0.4, -0.2) is 37.6 Å². The third kappa shape index (κ3) is 4.94. The second-order valence-corrected chi connectivity index (χ2v) is 4.26. The van der Waals surface area contributed by atoms with Crippen LogP contribution in [0.4, 0.5) is 5.69 Å². The minimum Gasteiger partial charge on any atom is -0.383 e. The van der Waals surface area contributed by atoms with Crippen molar-refractivity contribution >= 4 is 11.6 Å². The van der Waals surface area contributed by atoms with E-state index in [0.29, 0.717) is 18.7 Å². The molecule has 0 radical (unpaired) electrons. The maximum atomic E-state index is 11.5. The van der Waals surface area contributed by atoms with Crippen molar-refractivity contribution in [2.75, 3.05) is 26.8 Å². The van der Waals surface area contributed by atoms with E-state index in [4.69, 9.17) is 4.74 Å². The van der Waals surface area contributed by atoms with E-state index in [1.54, 1.807) is 32.2 Å². The van der Waals surface area contributed by atoms with Gasteiger partial charge < -0.3 is 15.4 Å². The number of nitrogens with zero attached hydrogens (tertiary/aromatic N) is 1. The number of benzene rings is 1. The number of para-hydroxylation sites is 1. The van der Waals surface area contributed by atoms with Crippen molar-refractivity contribution in [3.63, 3.8) is 0 Å². The Kier molecular flexibility index (Phi) is 6.61. The van der Waals surface area contributed by atoms with Gasteiger partial charge in [0.05, 0.1) is 18.1 Å². The number of nitro groups is 1. The molecular weight excluding hydrogens is 262 g/mol. The predicted molar refractivity (Wildman–Crippen MR) is 74.4 cm³/mol. The van der Waals surface area contributed by atoms with Crippen LogP contribution in [0.5, 0.6) is 0 Å². The summed E-state index contributed by atoms with van der Waals surface area (Å²) in [6.45, 7) is 2.77. The Morgan fingerprint density at radius 2 is 2.15 bits per heavy atom. The van der Waals surface area contributed by atoms with Gasteiger partial charge in [-0.25, -0.2) is 0 Å². The van der Waals surface area contributed by atoms with Crippen molar-refractivity contribution in [2.45, 2.75) is 13.0 Å². The Balaban J connectivity index is 2.53. The van der Waals surface area contributed by atoms with Crippen molar-refractivity contribution in [1.29, 1.82) is 0 Å². The lowest BCUT2D eigenvalue weighted by atomic mass is 10.1. The molecule has 0 saturated heterocycles. The first kappa shape index (κ1) is 16.1. The quantitative estimate of drug-likeness (QED) is 0.421. The first-order chi connectivity index (χ1) is 9.56. The number of rotatable bonds is 8. The van der Waals surface area contributed by atoms with Crippen molar-refractivity contribution in [2.24, 2.45) is 0 Å². The van der Waals surface area contributed by atoms with E-state index in [9.17, 15) is 14.9 Å². The third-order valence-electron chi connectivity index (χ3n) is 2.80. The molecule has 0 aliphatic heterocycles. The fourth-order valence-corrected chi connectivity index (χ4v) is 1.73. The third-order valence-corrected chi connectivity index (χ3v) is 2.80. The van der Waals surface area contributed by atoms with Crippen molar-refractivity contribution in [3.05, 3.63) is 39.9 Å². The van der Waals surface area contributed by atoms with E-state index < -0.39 is 4.92 Å². The maximum Gasteiger partial charge on any atom is 0.274 e. The number of nitro benzene ring substituents is 1. The van der Waals surface area contributed by atoms with Gasteiger partial charge in [-0.1, -0.05) is 18.2 Å². The molecule has 7 heteroatoms. The van der Waals surface area contributed by atoms with Crippen LogP contribution in [0.3, 0.4) is 0 Å². The molecule has 0 saturated carbocycles. The number of amides is 1. The molecule has 0 aliphatic rings. The maximum absolute atomic E-state index is 11.5. The van der Waals surface area contributed by atoms with Crippen molar-refractivity contribution in [3.8, 4) is 0 Å². The van der Waals surface area contributed by atoms with E-state index in [0.717, 1.165) is 0 Å². The summed E-state index contributed by atoms with van der Waals surface area (Å²) in [5.74, 6) is -0.174. The Labute approximate surface area is 117 Å². The second-order valence-electron chi connectivity index (χ2n) is 4.26. The topological polar surface area (TPSA) is 93.5 Å². The molecule has 20 heavy (non-hydrogen) atoms. The van der Waals surface area contributed by atoms with Gasteiger partial charge in [0.2, 0.25) is 5.91 Å². The lowest BCUT2D eigenvalue weighted by molar-refractivity contribution is -0.385. The van der Waals surface area contributed by atoms with Crippen molar-refractivity contribution < 1.29 is 14.5 Å². The van der Waals surface area contributed by atoms with Gasteiger partial charge in [0, 0.05) is 31.3 Å². The number of hydrogen-bond donors (Lipinski definition) is 2. The molecule has 110 valence electrons. The molecule has 1 unspecified atom stereocenters. The van der Waals surface area contributed by atoms with E-state index in [1.807, 2.05) is 0 Å². The second kappa shape index (κ2) is 8.23. The lowest BCUT2D eigenvalue weighted by Crippen LogP contribution is -2.36. The van der Waals surface area contributed by atoms with Gasteiger partial charge in [-0.3, -0.25) is 14.9 Å². The van der Waals surface area contributed by atoms with E-state index in [1.165, 1.54) is 6.07 Å². The molecule has 7 nitrogen and oxygen atoms in total. The highest BCUT2D eigenvalue weighted by molar-refractivity contribution is 5.78. The van der Waals surface area contributed by atoms with Crippen LogP contribution in [0.25, 0.3) is 0 Å². The standard InChI is InChI=1S/C13H19N3O4/c1-10(15-9-13(17)14-7-8-20-2)11-5-3-4-6-12(11)16(18)19/h3-6,10,15H,7-9H2,1-2H3,(H,14,17). The molecule has 1 atom stereocenters. The molecule has 1 aromatic rings. The highest BCUT2D eigenvalue weighted by Gasteiger charge is 2.18. The fourth-order valence-electron chi connectivity index (χ4n) is 1.73. The van der Waals surface area contributed by atoms with Crippen LogP contribution >= 0.6 is 0 Å². The summed E-state index contributed by atoms with van der Waals surface area (Å²) in [6.07, 6.45) is 0. The molecule has 0 bridgehead atoms. The zero-order valence-corrected chi connectivity index (χ0v) is 11.6. The summed E-state index contributed by atoms with van der Waals surface area (Å²) in [6, 6.07) is 6.19. The van der Waals surface area contributed by atoms with Crippen molar-refractivity contribution in [1.82, 2.24) is 10.6 Å². The first-order valence-corrected chi connectivity index (χ1v) is 6.28. The minimum atomic E-state index is -0.424. The zero-order chi connectivity index (χ0) is 15.0. The molecule has 0 spiro atoms. The molecule has 0 heterocycles. The number of ether oxygens (including phenoxy) is 1. The molecule has 1 aromatic carbocycles. The first-order valence-electron chi connectivity index (χ1n) is 6.28. The Hall–Kier alpha value is -1.99. The number of methoxy groups -OCH3 is 1. The molecule has 0 aliphatic carbocycles. The van der Waals surface area contributed by atoms with Crippen LogP contribution in [0, 0.1) is 10.1 Å². The largest absolute Gasteiger partial charge is 0.383 e. The normalized spacial score (nSPS) is 11.9. The van der Waals surface area contributed by atoms with Gasteiger partial charge >= 0.3 is 0 Å². The smallest absolute Gasteiger partial charge is 0.274 e. The molecule has 2 N–H and O–H groups in total. The van der Waals surface area contributed by atoms with Crippen LogP contribution in [-0.2, 0) is 9.53 Å². The van der Waals surface area contributed by atoms with Crippen LogP contribution in [0.2, 0.25) is 0 Å². The number of carbonyl (C=O) groups is 1. The Bertz CT molecular complexity index is 465. The summed E-state index contributed by atoms with van der Waals surface area (Å²) in [4.78, 5) is 22.0. The summed E-state index contributed by atoms with van der Waals surface area (Å²) >= 11 is 0. The molecule has 1 rings (SSSR count). The summed E-state index contributed by atoms with van der Waals surface area (Å²) in [5.41, 5.74) is 0.606. The van der Waals surface area contributed by atoms with E-state index >= 15 is 0 Å². The Morgan fingerprint density at radius 3 is 2.80 bits per heavy atom. The van der Waals surface area contributed by atoms with Gasteiger partial charge in [-0.05, 0) is 6.92 Å². The van der Waals surface area contributed by atoms with Crippen LogP contribution in [0.1, 0.15) is 18.5 Å². The molecule has 0 aromatic heterocycles. The van der Waals surface area contributed by atoms with E-state index in [2.05, 4.69) is 10.6 Å². The average Bonchev–Trinajstić information content (AvgIpc) is 2.45. The SMILES string of the molecule is COCCNC(=O)CNC(C)c1ccccc1[N+](=O)[O-]. The van der Waals surface area contributed by atoms with Gasteiger partial charge in [-0.15, -0.1) is 0 Å². The molecular formula is C13H19N3O4. The van der Waals surface area contributed by atoms with Gasteiger partial charge in [0.25, 0.3) is 5.69 Å². The summed E-state index contributed by atoms with van der Waals surface area (Å²) < 4.78 is 4.82. The van der Waals surface area contributed by atoms with Gasteiger partial charge in [-0.2, -0.15) is 0 Å². The van der Waals surface area contributed by atoms with Gasteiger partial charge in [0.15, 0.2) is 0 Å². The van der Waals surface area contributed by atoms with Crippen LogP contribution in [0.15, 0.2) is 24.3 Å². The molecule has 0 fully saturated rings. The highest BCUT2D eigenvalue weighted by atomic mass is 16.6. The fraction of sp³-hybridized carbons (Fsp3) is 0.462. The molecule has 1 amide bonds. The lowest BCUT2D eigenvalue weighted by Gasteiger charge is -2.14. The average molecular weight is 281 g/mol. The number of nitrogens with one attached hydrogen (secondary N) is 2. The zero-order valence-electron chi connectivity index (χ0n) is 11.6. The Morgan fingerprint density at radius 1 is 1.45 bits per heavy atom. The highest BCUT2D eigenvalue weighted by Crippen LogP contribution is 2.23. The summed E-state index contributed by atoms with van der Waals surface area (Å²) in [7, 11) is 1.56. The minimum absolute atomic E-state index is 0.0484. The monoisotopic (exact) mass is 281 g/mol. The van der Waals surface area contributed by atoms with E-state index in [-0.39, 0.29) is 24.2 Å².